The van der Waals surface area contributed by atoms with Crippen molar-refractivity contribution in [3.05, 3.63) is 18.2 Å². The molecular weight excluding hydrogens is 236 g/mol. The van der Waals surface area contributed by atoms with Crippen LogP contribution in [0.15, 0.2) is 18.2 Å². The maximum Gasteiger partial charge on any atom is 0.144 e. The smallest absolute Gasteiger partial charge is 0.144 e. The summed E-state index contributed by atoms with van der Waals surface area (Å²) in [7, 11) is 2.16. The molecule has 0 saturated heterocycles. The lowest BCUT2D eigenvalue weighted by molar-refractivity contribution is 0.319. The van der Waals surface area contributed by atoms with E-state index < -0.39 is 0 Å². The molecular formula is C16H26N2O. The monoisotopic (exact) mass is 262 g/mol. The van der Waals surface area contributed by atoms with Gasteiger partial charge in [-0.2, -0.15) is 0 Å². The van der Waals surface area contributed by atoms with Crippen LogP contribution in [0.25, 0.3) is 0 Å². The largest absolute Gasteiger partial charge is 0.491 e. The van der Waals surface area contributed by atoms with Gasteiger partial charge in [-0.1, -0.05) is 19.8 Å². The first-order valence-corrected chi connectivity index (χ1v) is 7.44. The van der Waals surface area contributed by atoms with Crippen molar-refractivity contribution < 1.29 is 4.74 Å². The quantitative estimate of drug-likeness (QED) is 0.795. The number of nitrogens with zero attached hydrogens (tertiary/aromatic N) is 1. The Labute approximate surface area is 116 Å². The third kappa shape index (κ3) is 3.79. The van der Waals surface area contributed by atoms with E-state index in [0.29, 0.717) is 0 Å². The topological polar surface area (TPSA) is 38.5 Å². The Morgan fingerprint density at radius 1 is 1.32 bits per heavy atom. The molecule has 2 rings (SSSR count). The first kappa shape index (κ1) is 14.0. The molecule has 1 aliphatic carbocycles. The highest BCUT2D eigenvalue weighted by atomic mass is 16.5. The summed E-state index contributed by atoms with van der Waals surface area (Å²) in [5.41, 5.74) is 7.88. The van der Waals surface area contributed by atoms with Crippen molar-refractivity contribution in [1.82, 2.24) is 0 Å². The number of rotatable bonds is 6. The van der Waals surface area contributed by atoms with Crippen LogP contribution in [0.3, 0.4) is 0 Å². The first-order valence-electron chi connectivity index (χ1n) is 7.44. The Bertz CT molecular complexity index is 400. The molecule has 0 heterocycles. The molecule has 1 fully saturated rings. The van der Waals surface area contributed by atoms with Crippen molar-refractivity contribution in [3.63, 3.8) is 0 Å². The molecule has 3 heteroatoms. The van der Waals surface area contributed by atoms with E-state index in [2.05, 4.69) is 31.0 Å². The lowest BCUT2D eigenvalue weighted by atomic mass is 10.1. The predicted octanol–water partition coefficient (Wildman–Crippen LogP) is 3.68. The van der Waals surface area contributed by atoms with E-state index in [0.717, 1.165) is 36.9 Å². The number of hydrogen-bond donors (Lipinski definition) is 1. The van der Waals surface area contributed by atoms with Crippen LogP contribution < -0.4 is 15.4 Å². The Hall–Kier alpha value is -1.38. The summed E-state index contributed by atoms with van der Waals surface area (Å²) in [4.78, 5) is 2.33. The van der Waals surface area contributed by atoms with Crippen molar-refractivity contribution in [2.75, 3.05) is 30.8 Å². The van der Waals surface area contributed by atoms with Crippen molar-refractivity contribution in [3.8, 4) is 5.75 Å². The van der Waals surface area contributed by atoms with Crippen molar-refractivity contribution in [1.29, 1.82) is 0 Å². The van der Waals surface area contributed by atoms with Gasteiger partial charge in [0.25, 0.3) is 0 Å². The summed E-state index contributed by atoms with van der Waals surface area (Å²) in [6.07, 6.45) is 6.54. The number of nitrogens with two attached hydrogens (primary N) is 1. The van der Waals surface area contributed by atoms with E-state index in [1.165, 1.54) is 31.4 Å². The second-order valence-electron chi connectivity index (χ2n) is 5.60. The molecule has 1 aliphatic rings. The van der Waals surface area contributed by atoms with Crippen LogP contribution in [-0.4, -0.2) is 20.2 Å². The minimum Gasteiger partial charge on any atom is -0.491 e. The molecule has 0 spiro atoms. The molecule has 106 valence electrons. The van der Waals surface area contributed by atoms with Crippen molar-refractivity contribution >= 4 is 11.4 Å². The average molecular weight is 262 g/mol. The van der Waals surface area contributed by atoms with Gasteiger partial charge in [0.1, 0.15) is 5.75 Å². The van der Waals surface area contributed by atoms with Gasteiger partial charge in [0, 0.05) is 25.3 Å². The van der Waals surface area contributed by atoms with Gasteiger partial charge in [0.15, 0.2) is 0 Å². The molecule has 2 N–H and O–H groups in total. The first-order chi connectivity index (χ1) is 9.20. The SMILES string of the molecule is CCCOc1cc(N(C)CC2CCCC2)ccc1N. The van der Waals surface area contributed by atoms with Crippen LogP contribution in [0, 0.1) is 5.92 Å². The second kappa shape index (κ2) is 6.69. The fraction of sp³-hybridized carbons (Fsp3) is 0.625. The molecule has 1 aromatic rings. The Morgan fingerprint density at radius 2 is 2.05 bits per heavy atom. The zero-order chi connectivity index (χ0) is 13.7. The zero-order valence-corrected chi connectivity index (χ0v) is 12.2. The summed E-state index contributed by atoms with van der Waals surface area (Å²) < 4.78 is 5.70. The van der Waals surface area contributed by atoms with E-state index >= 15 is 0 Å². The molecule has 3 nitrogen and oxygen atoms in total. The molecule has 0 aromatic heterocycles. The van der Waals surface area contributed by atoms with E-state index in [4.69, 9.17) is 10.5 Å². The number of nitrogen functional groups attached to an aromatic ring is 1. The van der Waals surface area contributed by atoms with Gasteiger partial charge in [-0.05, 0) is 37.3 Å². The van der Waals surface area contributed by atoms with Gasteiger partial charge in [-0.25, -0.2) is 0 Å². The predicted molar refractivity (Wildman–Crippen MR) is 81.9 cm³/mol. The molecule has 0 atom stereocenters. The van der Waals surface area contributed by atoms with Crippen LogP contribution in [0.5, 0.6) is 5.75 Å². The molecule has 0 radical (unpaired) electrons. The van der Waals surface area contributed by atoms with Crippen LogP contribution in [0.1, 0.15) is 39.0 Å². The summed E-state index contributed by atoms with van der Waals surface area (Å²) in [6, 6.07) is 6.11. The second-order valence-corrected chi connectivity index (χ2v) is 5.60. The fourth-order valence-corrected chi connectivity index (χ4v) is 2.78. The summed E-state index contributed by atoms with van der Waals surface area (Å²) >= 11 is 0. The van der Waals surface area contributed by atoms with E-state index in [9.17, 15) is 0 Å². The zero-order valence-electron chi connectivity index (χ0n) is 12.2. The van der Waals surface area contributed by atoms with Gasteiger partial charge in [0.05, 0.1) is 12.3 Å². The van der Waals surface area contributed by atoms with E-state index in [1.807, 2.05) is 6.07 Å². The summed E-state index contributed by atoms with van der Waals surface area (Å²) in [5, 5.41) is 0. The summed E-state index contributed by atoms with van der Waals surface area (Å²) in [5.74, 6) is 1.67. The van der Waals surface area contributed by atoms with Gasteiger partial charge in [-0.15, -0.1) is 0 Å². The third-order valence-electron chi connectivity index (χ3n) is 3.91. The minimum absolute atomic E-state index is 0.722. The summed E-state index contributed by atoms with van der Waals surface area (Å²) in [6.45, 7) is 3.96. The molecule has 0 unspecified atom stereocenters. The van der Waals surface area contributed by atoms with Crippen LogP contribution >= 0.6 is 0 Å². The highest BCUT2D eigenvalue weighted by molar-refractivity contribution is 5.62. The standard InChI is InChI=1S/C16H26N2O/c1-3-10-19-16-11-14(8-9-15(16)17)18(2)12-13-6-4-5-7-13/h8-9,11,13H,3-7,10,12,17H2,1-2H3. The van der Waals surface area contributed by atoms with Gasteiger partial charge < -0.3 is 15.4 Å². The van der Waals surface area contributed by atoms with Crippen LogP contribution in [-0.2, 0) is 0 Å². The minimum atomic E-state index is 0.722. The number of anilines is 2. The maximum atomic E-state index is 5.95. The molecule has 0 aliphatic heterocycles. The Balaban J connectivity index is 2.01. The third-order valence-corrected chi connectivity index (χ3v) is 3.91. The lowest BCUT2D eigenvalue weighted by Crippen LogP contribution is -2.24. The highest BCUT2D eigenvalue weighted by Crippen LogP contribution is 2.30. The normalized spacial score (nSPS) is 15.7. The molecule has 19 heavy (non-hydrogen) atoms. The van der Waals surface area contributed by atoms with Crippen LogP contribution in [0.2, 0.25) is 0 Å². The average Bonchev–Trinajstić information content (AvgIpc) is 2.90. The van der Waals surface area contributed by atoms with Gasteiger partial charge >= 0.3 is 0 Å². The van der Waals surface area contributed by atoms with E-state index in [-0.39, 0.29) is 0 Å². The number of hydrogen-bond acceptors (Lipinski definition) is 3. The number of ether oxygens (including phenoxy) is 1. The Morgan fingerprint density at radius 3 is 2.74 bits per heavy atom. The van der Waals surface area contributed by atoms with Crippen LogP contribution in [0.4, 0.5) is 11.4 Å². The fourth-order valence-electron chi connectivity index (χ4n) is 2.78. The van der Waals surface area contributed by atoms with Gasteiger partial charge in [0.2, 0.25) is 0 Å². The molecule has 1 saturated carbocycles. The lowest BCUT2D eigenvalue weighted by Gasteiger charge is -2.24. The van der Waals surface area contributed by atoms with Gasteiger partial charge in [-0.3, -0.25) is 0 Å². The molecule has 0 amide bonds. The van der Waals surface area contributed by atoms with E-state index in [1.54, 1.807) is 0 Å². The highest BCUT2D eigenvalue weighted by Gasteiger charge is 2.17. The molecule has 0 bridgehead atoms. The molecule has 1 aromatic carbocycles. The Kier molecular flexibility index (Phi) is 4.94. The maximum absolute atomic E-state index is 5.95. The number of benzene rings is 1. The van der Waals surface area contributed by atoms with Crippen molar-refractivity contribution in [2.24, 2.45) is 5.92 Å². The van der Waals surface area contributed by atoms with Crippen molar-refractivity contribution in [2.45, 2.75) is 39.0 Å².